The fourth-order valence-electron chi connectivity index (χ4n) is 3.73. The highest BCUT2D eigenvalue weighted by molar-refractivity contribution is 7.99. The van der Waals surface area contributed by atoms with Crippen LogP contribution in [0.1, 0.15) is 29.8 Å². The van der Waals surface area contributed by atoms with Crippen molar-refractivity contribution in [2.45, 2.75) is 43.7 Å². The Labute approximate surface area is 185 Å². The van der Waals surface area contributed by atoms with Gasteiger partial charge in [-0.2, -0.15) is 0 Å². The van der Waals surface area contributed by atoms with Crippen molar-refractivity contribution in [2.75, 3.05) is 5.32 Å². The molecule has 0 atom stereocenters. The molecule has 158 valence electrons. The Balaban J connectivity index is 1.85. The van der Waals surface area contributed by atoms with E-state index in [1.54, 1.807) is 27.0 Å². The van der Waals surface area contributed by atoms with Crippen molar-refractivity contribution in [3.63, 3.8) is 0 Å². The Morgan fingerprint density at radius 3 is 2.23 bits per heavy atom. The molecule has 6 heteroatoms. The van der Waals surface area contributed by atoms with Crippen LogP contribution >= 0.6 is 11.8 Å². The molecule has 0 saturated carbocycles. The van der Waals surface area contributed by atoms with E-state index in [2.05, 4.69) is 5.32 Å². The van der Waals surface area contributed by atoms with Crippen molar-refractivity contribution in [1.29, 1.82) is 0 Å². The Morgan fingerprint density at radius 1 is 0.903 bits per heavy atom. The monoisotopic (exact) mass is 431 g/mol. The average molecular weight is 432 g/mol. The van der Waals surface area contributed by atoms with E-state index < -0.39 is 0 Å². The lowest BCUT2D eigenvalue weighted by molar-refractivity contribution is 0.102. The van der Waals surface area contributed by atoms with E-state index in [1.165, 1.54) is 0 Å². The smallest absolute Gasteiger partial charge is 0.321 e. The van der Waals surface area contributed by atoms with Gasteiger partial charge in [0.15, 0.2) is 0 Å². The van der Waals surface area contributed by atoms with Crippen LogP contribution in [0.15, 0.2) is 81.3 Å². The number of nitrogens with zero attached hydrogens (tertiary/aromatic N) is 2. The van der Waals surface area contributed by atoms with Crippen LogP contribution in [0.2, 0.25) is 0 Å². The van der Waals surface area contributed by atoms with Gasteiger partial charge >= 0.3 is 5.69 Å². The second-order valence-electron chi connectivity index (χ2n) is 7.35. The van der Waals surface area contributed by atoms with Crippen LogP contribution in [0.25, 0.3) is 11.0 Å². The predicted octanol–water partition coefficient (Wildman–Crippen LogP) is 5.55. The normalized spacial score (nSPS) is 11.1. The third kappa shape index (κ3) is 4.16. The van der Waals surface area contributed by atoms with E-state index >= 15 is 0 Å². The summed E-state index contributed by atoms with van der Waals surface area (Å²) in [6, 6.07) is 21.5. The van der Waals surface area contributed by atoms with Crippen LogP contribution in [0, 0.1) is 6.92 Å². The third-order valence-corrected chi connectivity index (χ3v) is 6.32. The van der Waals surface area contributed by atoms with Crippen LogP contribution in [0.4, 0.5) is 5.69 Å². The number of hydrogen-bond donors (Lipinski definition) is 1. The lowest BCUT2D eigenvalue weighted by atomic mass is 10.1. The zero-order chi connectivity index (χ0) is 22.0. The molecule has 1 N–H and O–H groups in total. The van der Waals surface area contributed by atoms with E-state index in [0.29, 0.717) is 24.3 Å². The zero-order valence-corrected chi connectivity index (χ0v) is 18.7. The van der Waals surface area contributed by atoms with Crippen molar-refractivity contribution >= 4 is 34.4 Å². The molecule has 0 saturated heterocycles. The highest BCUT2D eigenvalue weighted by atomic mass is 32.2. The van der Waals surface area contributed by atoms with Crippen LogP contribution < -0.4 is 11.0 Å². The molecule has 0 spiro atoms. The van der Waals surface area contributed by atoms with Crippen molar-refractivity contribution < 1.29 is 4.79 Å². The summed E-state index contributed by atoms with van der Waals surface area (Å²) in [7, 11) is 0. The lowest BCUT2D eigenvalue weighted by Crippen LogP contribution is -2.23. The Bertz CT molecular complexity index is 1310. The maximum atomic E-state index is 13.0. The Kier molecular flexibility index (Phi) is 6.00. The molecule has 31 heavy (non-hydrogen) atoms. The first-order valence-electron chi connectivity index (χ1n) is 10.4. The molecular weight excluding hydrogens is 406 g/mol. The van der Waals surface area contributed by atoms with Gasteiger partial charge in [0.1, 0.15) is 0 Å². The molecule has 0 unspecified atom stereocenters. The Hall–Kier alpha value is -3.25. The predicted molar refractivity (Wildman–Crippen MR) is 127 cm³/mol. The second kappa shape index (κ2) is 8.86. The Morgan fingerprint density at radius 2 is 1.58 bits per heavy atom. The SMILES string of the molecule is CCn1c(=O)n(CC)c2cc(Sc3ccccc3)c(NC(=O)c3cccc(C)c3)cc21. The average Bonchev–Trinajstić information content (AvgIpc) is 3.03. The summed E-state index contributed by atoms with van der Waals surface area (Å²) >= 11 is 1.57. The minimum absolute atomic E-state index is 0.0298. The van der Waals surface area contributed by atoms with Gasteiger partial charge in [0.2, 0.25) is 0 Å². The molecule has 1 amide bonds. The summed E-state index contributed by atoms with van der Waals surface area (Å²) in [6.07, 6.45) is 0. The van der Waals surface area contributed by atoms with Gasteiger partial charge in [0, 0.05) is 28.4 Å². The van der Waals surface area contributed by atoms with Gasteiger partial charge in [0.05, 0.1) is 16.7 Å². The minimum atomic E-state index is -0.168. The third-order valence-electron chi connectivity index (χ3n) is 5.25. The first-order valence-corrected chi connectivity index (χ1v) is 11.2. The fraction of sp³-hybridized carbons (Fsp3) is 0.200. The summed E-state index contributed by atoms with van der Waals surface area (Å²) in [4.78, 5) is 27.8. The van der Waals surface area contributed by atoms with Crippen LogP contribution in [0.3, 0.4) is 0 Å². The molecule has 4 rings (SSSR count). The maximum Gasteiger partial charge on any atom is 0.329 e. The number of aromatic nitrogens is 2. The molecule has 0 radical (unpaired) electrons. The zero-order valence-electron chi connectivity index (χ0n) is 17.9. The molecule has 0 aliphatic heterocycles. The highest BCUT2D eigenvalue weighted by Crippen LogP contribution is 2.36. The topological polar surface area (TPSA) is 56.0 Å². The number of amides is 1. The van der Waals surface area contributed by atoms with Gasteiger partial charge in [0.25, 0.3) is 5.91 Å². The molecule has 1 heterocycles. The molecule has 0 bridgehead atoms. The molecule has 1 aromatic heterocycles. The van der Waals surface area contributed by atoms with E-state index in [4.69, 9.17) is 0 Å². The number of nitrogens with one attached hydrogen (secondary N) is 1. The van der Waals surface area contributed by atoms with Crippen LogP contribution in [-0.4, -0.2) is 15.0 Å². The summed E-state index contributed by atoms with van der Waals surface area (Å²) < 4.78 is 3.53. The van der Waals surface area contributed by atoms with Crippen molar-refractivity contribution in [2.24, 2.45) is 0 Å². The van der Waals surface area contributed by atoms with Gasteiger partial charge in [-0.15, -0.1) is 0 Å². The molecule has 4 aromatic rings. The number of imidazole rings is 1. The molecule has 3 aromatic carbocycles. The second-order valence-corrected chi connectivity index (χ2v) is 8.46. The number of anilines is 1. The number of carbonyl (C=O) groups excluding carboxylic acids is 1. The number of aryl methyl sites for hydroxylation is 3. The first-order chi connectivity index (χ1) is 15.0. The summed E-state index contributed by atoms with van der Waals surface area (Å²) in [5.74, 6) is -0.168. The molecule has 0 aliphatic rings. The number of rotatable bonds is 6. The van der Waals surface area contributed by atoms with Gasteiger partial charge < -0.3 is 5.32 Å². The van der Waals surface area contributed by atoms with E-state index in [1.807, 2.05) is 81.4 Å². The first kappa shape index (κ1) is 21.0. The standard InChI is InChI=1S/C25H25N3O2S/c1-4-27-21-15-20(26-24(29)18-11-9-10-17(3)14-18)23(31-19-12-7-6-8-13-19)16-22(21)28(5-2)25(27)30/h6-16H,4-5H2,1-3H3,(H,26,29). The fourth-order valence-corrected chi connectivity index (χ4v) is 4.67. The molecule has 5 nitrogen and oxygen atoms in total. The number of hydrogen-bond acceptors (Lipinski definition) is 3. The number of fused-ring (bicyclic) bond motifs is 1. The summed E-state index contributed by atoms with van der Waals surface area (Å²) in [6.45, 7) is 7.05. The maximum absolute atomic E-state index is 13.0. The summed E-state index contributed by atoms with van der Waals surface area (Å²) in [5, 5.41) is 3.08. The van der Waals surface area contributed by atoms with Gasteiger partial charge in [-0.25, -0.2) is 4.79 Å². The quantitative estimate of drug-likeness (QED) is 0.435. The van der Waals surface area contributed by atoms with E-state index in [9.17, 15) is 9.59 Å². The van der Waals surface area contributed by atoms with Crippen molar-refractivity contribution in [3.8, 4) is 0 Å². The lowest BCUT2D eigenvalue weighted by Gasteiger charge is -2.13. The van der Waals surface area contributed by atoms with Crippen molar-refractivity contribution in [1.82, 2.24) is 9.13 Å². The number of benzene rings is 3. The van der Waals surface area contributed by atoms with E-state index in [0.717, 1.165) is 26.4 Å². The van der Waals surface area contributed by atoms with Gasteiger partial charge in [-0.3, -0.25) is 13.9 Å². The molecular formula is C25H25N3O2S. The summed E-state index contributed by atoms with van der Waals surface area (Å²) in [5.41, 5.74) is 4.00. The highest BCUT2D eigenvalue weighted by Gasteiger charge is 2.17. The van der Waals surface area contributed by atoms with Gasteiger partial charge in [-0.1, -0.05) is 47.7 Å². The largest absolute Gasteiger partial charge is 0.329 e. The van der Waals surface area contributed by atoms with E-state index in [-0.39, 0.29) is 11.6 Å². The molecule has 0 fully saturated rings. The minimum Gasteiger partial charge on any atom is -0.321 e. The van der Waals surface area contributed by atoms with Crippen LogP contribution in [-0.2, 0) is 13.1 Å². The van der Waals surface area contributed by atoms with Gasteiger partial charge in [-0.05, 0) is 57.2 Å². The molecule has 0 aliphatic carbocycles. The van der Waals surface area contributed by atoms with Crippen molar-refractivity contribution in [3.05, 3.63) is 88.3 Å². The van der Waals surface area contributed by atoms with Crippen LogP contribution in [0.5, 0.6) is 0 Å². The number of carbonyl (C=O) groups is 1.